The van der Waals surface area contributed by atoms with Crippen molar-refractivity contribution in [2.24, 2.45) is 5.92 Å². The van der Waals surface area contributed by atoms with Crippen molar-refractivity contribution >= 4 is 10.9 Å². The zero-order chi connectivity index (χ0) is 12.5. The first-order valence-electron chi connectivity index (χ1n) is 7.05. The number of aromatic amines is 1. The summed E-state index contributed by atoms with van der Waals surface area (Å²) in [6, 6.07) is 9.67. The average molecular weight is 242 g/mol. The SMILES string of the molecule is CC(C)CN1CCC[C@@H]1c1ccc2[nH]ccc2c1. The van der Waals surface area contributed by atoms with Crippen LogP contribution in [0.4, 0.5) is 0 Å². The van der Waals surface area contributed by atoms with Gasteiger partial charge in [-0.3, -0.25) is 4.90 Å². The topological polar surface area (TPSA) is 19.0 Å². The molecule has 0 saturated carbocycles. The van der Waals surface area contributed by atoms with Crippen LogP contribution in [-0.2, 0) is 0 Å². The van der Waals surface area contributed by atoms with Crippen molar-refractivity contribution in [3.05, 3.63) is 36.0 Å². The lowest BCUT2D eigenvalue weighted by molar-refractivity contribution is 0.229. The van der Waals surface area contributed by atoms with Crippen LogP contribution in [0.15, 0.2) is 30.5 Å². The Bertz CT molecular complexity index is 527. The molecular weight excluding hydrogens is 220 g/mol. The Morgan fingerprint density at radius 3 is 3.06 bits per heavy atom. The van der Waals surface area contributed by atoms with Crippen LogP contribution in [0, 0.1) is 5.92 Å². The number of nitrogens with one attached hydrogen (secondary N) is 1. The summed E-state index contributed by atoms with van der Waals surface area (Å²) in [7, 11) is 0. The van der Waals surface area contributed by atoms with Crippen LogP contribution >= 0.6 is 0 Å². The fourth-order valence-electron chi connectivity index (χ4n) is 3.17. The number of hydrogen-bond donors (Lipinski definition) is 1. The molecule has 0 unspecified atom stereocenters. The molecule has 1 N–H and O–H groups in total. The van der Waals surface area contributed by atoms with E-state index in [1.807, 2.05) is 6.20 Å². The summed E-state index contributed by atoms with van der Waals surface area (Å²) < 4.78 is 0. The van der Waals surface area contributed by atoms with E-state index in [1.54, 1.807) is 0 Å². The van der Waals surface area contributed by atoms with Gasteiger partial charge in [-0.05, 0) is 54.5 Å². The first kappa shape index (κ1) is 11.8. The molecule has 1 fully saturated rings. The van der Waals surface area contributed by atoms with E-state index >= 15 is 0 Å². The minimum atomic E-state index is 0.631. The molecule has 0 bridgehead atoms. The number of nitrogens with zero attached hydrogens (tertiary/aromatic N) is 1. The Labute approximate surface area is 109 Å². The molecule has 1 saturated heterocycles. The number of hydrogen-bond acceptors (Lipinski definition) is 1. The lowest BCUT2D eigenvalue weighted by Gasteiger charge is -2.26. The van der Waals surface area contributed by atoms with Crippen molar-refractivity contribution in [2.75, 3.05) is 13.1 Å². The number of rotatable bonds is 3. The van der Waals surface area contributed by atoms with Gasteiger partial charge in [0.1, 0.15) is 0 Å². The summed E-state index contributed by atoms with van der Waals surface area (Å²) in [6.07, 6.45) is 4.67. The van der Waals surface area contributed by atoms with Gasteiger partial charge in [-0.1, -0.05) is 19.9 Å². The van der Waals surface area contributed by atoms with Crippen LogP contribution < -0.4 is 0 Å². The molecule has 1 aliphatic heterocycles. The second-order valence-corrected chi connectivity index (χ2v) is 5.87. The Kier molecular flexibility index (Phi) is 3.13. The van der Waals surface area contributed by atoms with E-state index in [0.29, 0.717) is 6.04 Å². The summed E-state index contributed by atoms with van der Waals surface area (Å²) in [5, 5.41) is 1.34. The molecule has 0 radical (unpaired) electrons. The fourth-order valence-corrected chi connectivity index (χ4v) is 3.17. The lowest BCUT2D eigenvalue weighted by Crippen LogP contribution is -2.27. The van der Waals surface area contributed by atoms with Crippen molar-refractivity contribution in [3.63, 3.8) is 0 Å². The highest BCUT2D eigenvalue weighted by molar-refractivity contribution is 5.80. The minimum absolute atomic E-state index is 0.631. The van der Waals surface area contributed by atoms with Crippen LogP contribution in [0.25, 0.3) is 10.9 Å². The van der Waals surface area contributed by atoms with Gasteiger partial charge in [0.25, 0.3) is 0 Å². The molecule has 0 aliphatic carbocycles. The van der Waals surface area contributed by atoms with Crippen molar-refractivity contribution in [2.45, 2.75) is 32.7 Å². The van der Waals surface area contributed by atoms with Crippen molar-refractivity contribution in [3.8, 4) is 0 Å². The molecule has 2 heteroatoms. The van der Waals surface area contributed by atoms with E-state index in [9.17, 15) is 0 Å². The van der Waals surface area contributed by atoms with E-state index in [0.717, 1.165) is 5.92 Å². The molecular formula is C16H22N2. The molecule has 1 aliphatic rings. The normalized spacial score (nSPS) is 21.2. The molecule has 18 heavy (non-hydrogen) atoms. The summed E-state index contributed by atoms with van der Waals surface area (Å²) in [4.78, 5) is 5.92. The number of benzene rings is 1. The van der Waals surface area contributed by atoms with Crippen molar-refractivity contribution in [1.82, 2.24) is 9.88 Å². The third-order valence-electron chi connectivity index (χ3n) is 3.93. The van der Waals surface area contributed by atoms with E-state index in [2.05, 4.69) is 48.0 Å². The van der Waals surface area contributed by atoms with E-state index < -0.39 is 0 Å². The van der Waals surface area contributed by atoms with Gasteiger partial charge in [0.05, 0.1) is 0 Å². The first-order chi connectivity index (χ1) is 8.74. The maximum atomic E-state index is 3.27. The smallest absolute Gasteiger partial charge is 0.0454 e. The summed E-state index contributed by atoms with van der Waals surface area (Å²) in [5.74, 6) is 0.751. The molecule has 1 aromatic heterocycles. The molecule has 0 amide bonds. The lowest BCUT2D eigenvalue weighted by atomic mass is 10.0. The highest BCUT2D eigenvalue weighted by Crippen LogP contribution is 2.33. The van der Waals surface area contributed by atoms with Crippen LogP contribution in [-0.4, -0.2) is 23.0 Å². The number of likely N-dealkylation sites (tertiary alicyclic amines) is 1. The zero-order valence-electron chi connectivity index (χ0n) is 11.3. The van der Waals surface area contributed by atoms with Gasteiger partial charge in [0.2, 0.25) is 0 Å². The highest BCUT2D eigenvalue weighted by atomic mass is 15.2. The van der Waals surface area contributed by atoms with Gasteiger partial charge >= 0.3 is 0 Å². The summed E-state index contributed by atoms with van der Waals surface area (Å²) in [6.45, 7) is 7.10. The maximum Gasteiger partial charge on any atom is 0.0454 e. The molecule has 1 aromatic carbocycles. The zero-order valence-corrected chi connectivity index (χ0v) is 11.3. The number of fused-ring (bicyclic) bond motifs is 1. The van der Waals surface area contributed by atoms with Crippen LogP contribution in [0.5, 0.6) is 0 Å². The van der Waals surface area contributed by atoms with E-state index in [-0.39, 0.29) is 0 Å². The summed E-state index contributed by atoms with van der Waals surface area (Å²) >= 11 is 0. The monoisotopic (exact) mass is 242 g/mol. The van der Waals surface area contributed by atoms with Gasteiger partial charge in [-0.25, -0.2) is 0 Å². The quantitative estimate of drug-likeness (QED) is 0.863. The van der Waals surface area contributed by atoms with Crippen molar-refractivity contribution < 1.29 is 0 Å². The Hall–Kier alpha value is -1.28. The van der Waals surface area contributed by atoms with Crippen LogP contribution in [0.2, 0.25) is 0 Å². The van der Waals surface area contributed by atoms with E-state index in [4.69, 9.17) is 0 Å². The van der Waals surface area contributed by atoms with Gasteiger partial charge < -0.3 is 4.98 Å². The maximum absolute atomic E-state index is 3.27. The average Bonchev–Trinajstić information content (AvgIpc) is 2.95. The third-order valence-corrected chi connectivity index (χ3v) is 3.93. The second-order valence-electron chi connectivity index (χ2n) is 5.87. The van der Waals surface area contributed by atoms with Crippen LogP contribution in [0.3, 0.4) is 0 Å². The highest BCUT2D eigenvalue weighted by Gasteiger charge is 2.26. The molecule has 2 nitrogen and oxygen atoms in total. The molecule has 96 valence electrons. The Morgan fingerprint density at radius 2 is 2.22 bits per heavy atom. The Morgan fingerprint density at radius 1 is 1.33 bits per heavy atom. The minimum Gasteiger partial charge on any atom is -0.361 e. The molecule has 3 rings (SSSR count). The fraction of sp³-hybridized carbons (Fsp3) is 0.500. The second kappa shape index (κ2) is 4.77. The standard InChI is InChI=1S/C16H22N2/c1-12(2)11-18-9-3-4-16(18)14-5-6-15-13(10-14)7-8-17-15/h5-8,10,12,16-17H,3-4,9,11H2,1-2H3/t16-/m1/s1. The third kappa shape index (κ3) is 2.17. The van der Waals surface area contributed by atoms with Crippen molar-refractivity contribution in [1.29, 1.82) is 0 Å². The number of aromatic nitrogens is 1. The predicted octanol–water partition coefficient (Wildman–Crippen LogP) is 3.96. The molecule has 2 aromatic rings. The molecule has 1 atom stereocenters. The number of H-pyrrole nitrogens is 1. The van der Waals surface area contributed by atoms with Gasteiger partial charge in [-0.15, -0.1) is 0 Å². The molecule has 0 spiro atoms. The summed E-state index contributed by atoms with van der Waals surface area (Å²) in [5.41, 5.74) is 2.73. The largest absolute Gasteiger partial charge is 0.361 e. The predicted molar refractivity (Wildman–Crippen MR) is 76.7 cm³/mol. The Balaban J connectivity index is 1.87. The first-order valence-corrected chi connectivity index (χ1v) is 7.05. The van der Waals surface area contributed by atoms with Crippen LogP contribution in [0.1, 0.15) is 38.3 Å². The van der Waals surface area contributed by atoms with Gasteiger partial charge in [0, 0.05) is 24.3 Å². The van der Waals surface area contributed by atoms with Gasteiger partial charge in [-0.2, -0.15) is 0 Å². The molecule has 2 heterocycles. The van der Waals surface area contributed by atoms with E-state index in [1.165, 1.54) is 42.4 Å². The van der Waals surface area contributed by atoms with Gasteiger partial charge in [0.15, 0.2) is 0 Å².